The Morgan fingerprint density at radius 3 is 2.63 bits per heavy atom. The van der Waals surface area contributed by atoms with Crippen LogP contribution >= 0.6 is 11.3 Å². The molecule has 0 saturated carbocycles. The van der Waals surface area contributed by atoms with Crippen molar-refractivity contribution >= 4 is 39.1 Å². The molecule has 1 saturated heterocycles. The van der Waals surface area contributed by atoms with Gasteiger partial charge in [-0.2, -0.15) is 0 Å². The molecule has 9 heteroatoms. The van der Waals surface area contributed by atoms with Gasteiger partial charge in [0.2, 0.25) is 0 Å². The third-order valence-electron chi connectivity index (χ3n) is 6.74. The molecule has 2 N–H and O–H groups in total. The Kier molecular flexibility index (Phi) is 5.29. The number of nitrogens with one attached hydrogen (secondary N) is 2. The van der Waals surface area contributed by atoms with Gasteiger partial charge in [-0.1, -0.05) is 0 Å². The van der Waals surface area contributed by atoms with Crippen molar-refractivity contribution in [2.24, 2.45) is 0 Å². The van der Waals surface area contributed by atoms with Crippen LogP contribution in [0.15, 0.2) is 47.8 Å². The number of amides is 2. The first-order chi connectivity index (χ1) is 17.0. The second-order valence-corrected chi connectivity index (χ2v) is 9.71. The number of carbonyl (C=O) groups excluding carboxylic acids is 2. The van der Waals surface area contributed by atoms with Crippen molar-refractivity contribution in [3.8, 4) is 11.3 Å². The highest BCUT2D eigenvalue weighted by atomic mass is 32.1. The van der Waals surface area contributed by atoms with Crippen LogP contribution in [0.5, 0.6) is 0 Å². The monoisotopic (exact) mass is 492 g/mol. The summed E-state index contributed by atoms with van der Waals surface area (Å²) in [5.74, 6) is -1.76. The molecule has 2 aliphatic rings. The molecular weight excluding hydrogens is 470 g/mol. The molecule has 2 aromatic carbocycles. The third kappa shape index (κ3) is 3.76. The van der Waals surface area contributed by atoms with Crippen molar-refractivity contribution in [3.05, 3.63) is 76.2 Å². The summed E-state index contributed by atoms with van der Waals surface area (Å²) in [5.41, 5.74) is 2.93. The van der Waals surface area contributed by atoms with E-state index in [0.717, 1.165) is 10.6 Å². The Morgan fingerprint density at radius 1 is 1.03 bits per heavy atom. The van der Waals surface area contributed by atoms with Gasteiger partial charge in [-0.3, -0.25) is 9.59 Å². The summed E-state index contributed by atoms with van der Waals surface area (Å²) in [6.07, 6.45) is 0.533. The van der Waals surface area contributed by atoms with Gasteiger partial charge in [0.25, 0.3) is 11.8 Å². The van der Waals surface area contributed by atoms with Crippen LogP contribution in [-0.2, 0) is 6.42 Å². The molecule has 2 aliphatic heterocycles. The highest BCUT2D eigenvalue weighted by Gasteiger charge is 2.27. The highest BCUT2D eigenvalue weighted by Crippen LogP contribution is 2.35. The van der Waals surface area contributed by atoms with E-state index in [1.807, 2.05) is 11.4 Å². The second-order valence-electron chi connectivity index (χ2n) is 8.79. The molecule has 6 rings (SSSR count). The minimum Gasteiger partial charge on any atom is -0.360 e. The van der Waals surface area contributed by atoms with Crippen molar-refractivity contribution in [1.29, 1.82) is 0 Å². The molecule has 4 heterocycles. The maximum Gasteiger partial charge on any atom is 0.256 e. The zero-order valence-corrected chi connectivity index (χ0v) is 19.6. The number of nitrogens with zero attached hydrogens (tertiary/aromatic N) is 2. The molecule has 0 spiro atoms. The van der Waals surface area contributed by atoms with Crippen LogP contribution in [0.3, 0.4) is 0 Å². The molecule has 4 aromatic rings. The van der Waals surface area contributed by atoms with Gasteiger partial charge in [0.15, 0.2) is 0 Å². The fourth-order valence-electron chi connectivity index (χ4n) is 5.03. The molecule has 1 fully saturated rings. The molecule has 178 valence electrons. The van der Waals surface area contributed by atoms with Crippen LogP contribution in [0.1, 0.15) is 26.3 Å². The number of aromatic amines is 1. The predicted octanol–water partition coefficient (Wildman–Crippen LogP) is 4.42. The van der Waals surface area contributed by atoms with Gasteiger partial charge in [-0.05, 0) is 65.4 Å². The summed E-state index contributed by atoms with van der Waals surface area (Å²) in [6, 6.07) is 11.1. The Balaban J connectivity index is 1.34. The SMILES string of the molecule is O=C1NCCc2c(-c3ccc(F)c(C(=O)N4CCN(c5cccs5)CC4)c3)[nH]c3cc(F)cc1c23. The van der Waals surface area contributed by atoms with Gasteiger partial charge in [-0.25, -0.2) is 8.78 Å². The Labute approximate surface area is 204 Å². The molecule has 0 radical (unpaired) electrons. The number of anilines is 1. The zero-order valence-electron chi connectivity index (χ0n) is 18.7. The van der Waals surface area contributed by atoms with Gasteiger partial charge < -0.3 is 20.1 Å². The largest absolute Gasteiger partial charge is 0.360 e. The van der Waals surface area contributed by atoms with E-state index in [9.17, 15) is 18.4 Å². The van der Waals surface area contributed by atoms with Crippen molar-refractivity contribution < 1.29 is 18.4 Å². The lowest BCUT2D eigenvalue weighted by Gasteiger charge is -2.35. The summed E-state index contributed by atoms with van der Waals surface area (Å²) in [6.45, 7) is 2.80. The van der Waals surface area contributed by atoms with Gasteiger partial charge in [0.1, 0.15) is 11.6 Å². The highest BCUT2D eigenvalue weighted by molar-refractivity contribution is 7.14. The Morgan fingerprint density at radius 2 is 1.86 bits per heavy atom. The number of hydrogen-bond acceptors (Lipinski definition) is 4. The van der Waals surface area contributed by atoms with E-state index >= 15 is 0 Å². The van der Waals surface area contributed by atoms with Crippen molar-refractivity contribution in [2.45, 2.75) is 6.42 Å². The van der Waals surface area contributed by atoms with Crippen LogP contribution in [-0.4, -0.2) is 54.4 Å². The molecule has 0 unspecified atom stereocenters. The number of aromatic nitrogens is 1. The number of piperazine rings is 1. The van der Waals surface area contributed by atoms with Crippen molar-refractivity contribution in [1.82, 2.24) is 15.2 Å². The zero-order chi connectivity index (χ0) is 24.1. The number of benzene rings is 2. The quantitative estimate of drug-likeness (QED) is 0.445. The minimum atomic E-state index is -0.579. The minimum absolute atomic E-state index is 0.00663. The third-order valence-corrected chi connectivity index (χ3v) is 7.67. The molecule has 2 aromatic heterocycles. The van der Waals surface area contributed by atoms with Crippen LogP contribution < -0.4 is 10.2 Å². The molecule has 6 nitrogen and oxygen atoms in total. The molecular formula is C26H22F2N4O2S. The standard InChI is InChI=1S/C26H22F2N4O2S/c27-16-13-19-23-17(5-6-29-25(19)33)24(30-21(23)14-16)15-3-4-20(28)18(12-15)26(34)32-9-7-31(8-10-32)22-2-1-11-35-22/h1-4,11-14,30H,5-10H2,(H,29,33). The maximum absolute atomic E-state index is 14.9. The molecule has 0 bridgehead atoms. The smallest absolute Gasteiger partial charge is 0.256 e. The van der Waals surface area contributed by atoms with E-state index in [2.05, 4.69) is 21.3 Å². The number of carbonyl (C=O) groups is 2. The van der Waals surface area contributed by atoms with Crippen molar-refractivity contribution in [2.75, 3.05) is 37.6 Å². The fourth-order valence-corrected chi connectivity index (χ4v) is 5.82. The number of rotatable bonds is 3. The van der Waals surface area contributed by atoms with E-state index in [0.29, 0.717) is 61.3 Å². The normalized spacial score (nSPS) is 15.9. The lowest BCUT2D eigenvalue weighted by Crippen LogP contribution is -2.48. The molecule has 0 aliphatic carbocycles. The average molecular weight is 493 g/mol. The molecule has 35 heavy (non-hydrogen) atoms. The summed E-state index contributed by atoms with van der Waals surface area (Å²) in [5, 5.41) is 6.65. The first kappa shape index (κ1) is 21.8. The van der Waals surface area contributed by atoms with Crippen LogP contribution in [0, 0.1) is 11.6 Å². The molecule has 0 atom stereocenters. The van der Waals surface area contributed by atoms with E-state index < -0.39 is 11.6 Å². The van der Waals surface area contributed by atoms with Crippen LogP contribution in [0.2, 0.25) is 0 Å². The fraction of sp³-hybridized carbons (Fsp3) is 0.231. The van der Waals surface area contributed by atoms with Gasteiger partial charge in [-0.15, -0.1) is 11.3 Å². The van der Waals surface area contributed by atoms with E-state index in [1.165, 1.54) is 18.2 Å². The van der Waals surface area contributed by atoms with E-state index in [-0.39, 0.29) is 22.9 Å². The summed E-state index contributed by atoms with van der Waals surface area (Å²) >= 11 is 1.66. The maximum atomic E-state index is 14.9. The predicted molar refractivity (Wildman–Crippen MR) is 132 cm³/mol. The topological polar surface area (TPSA) is 68.4 Å². The summed E-state index contributed by atoms with van der Waals surface area (Å²) < 4.78 is 29.1. The lowest BCUT2D eigenvalue weighted by molar-refractivity contribution is 0.0742. The van der Waals surface area contributed by atoms with Gasteiger partial charge in [0.05, 0.1) is 16.1 Å². The number of hydrogen-bond donors (Lipinski definition) is 2. The summed E-state index contributed by atoms with van der Waals surface area (Å²) in [4.78, 5) is 32.9. The number of thiophene rings is 1. The second kappa shape index (κ2) is 8.49. The molecule has 2 amide bonds. The van der Waals surface area contributed by atoms with Gasteiger partial charge >= 0.3 is 0 Å². The first-order valence-electron chi connectivity index (χ1n) is 11.5. The summed E-state index contributed by atoms with van der Waals surface area (Å²) in [7, 11) is 0. The van der Waals surface area contributed by atoms with Crippen LogP contribution in [0.25, 0.3) is 22.2 Å². The first-order valence-corrected chi connectivity index (χ1v) is 12.4. The van der Waals surface area contributed by atoms with E-state index in [1.54, 1.807) is 28.4 Å². The lowest BCUT2D eigenvalue weighted by atomic mass is 9.98. The van der Waals surface area contributed by atoms with Gasteiger partial charge in [0, 0.05) is 49.3 Å². The number of halogens is 2. The average Bonchev–Trinajstić information content (AvgIpc) is 3.49. The Hall–Kier alpha value is -3.72. The Bertz CT molecular complexity index is 1460. The van der Waals surface area contributed by atoms with Crippen LogP contribution in [0.4, 0.5) is 13.8 Å². The van der Waals surface area contributed by atoms with Crippen molar-refractivity contribution in [3.63, 3.8) is 0 Å². The number of H-pyrrole nitrogens is 1. The van der Waals surface area contributed by atoms with E-state index in [4.69, 9.17) is 0 Å².